The molecule has 9 heteroatoms. The molecule has 1 aliphatic rings. The molecule has 1 aromatic carbocycles. The molecule has 1 aliphatic heterocycles. The van der Waals surface area contributed by atoms with Crippen LogP contribution in [0.3, 0.4) is 0 Å². The van der Waals surface area contributed by atoms with Gasteiger partial charge in [0.05, 0.1) is 25.4 Å². The van der Waals surface area contributed by atoms with Gasteiger partial charge in [0.25, 0.3) is 5.91 Å². The van der Waals surface area contributed by atoms with Crippen LogP contribution in [0.15, 0.2) is 57.9 Å². The lowest BCUT2D eigenvalue weighted by Gasteiger charge is -2.14. The average molecular weight is 448 g/mol. The predicted molar refractivity (Wildman–Crippen MR) is 116 cm³/mol. The standard InChI is InChI=1S/C19H10ClNO4S3/c20-16-8-7-14(27-16)13-6-5-12(25-13)9-15-17(22)21(19(26)28-15)11-3-1-10(2-4-11)18(23)24/h1-9H,(H,23,24). The fourth-order valence-corrected chi connectivity index (χ4v) is 4.87. The van der Waals surface area contributed by atoms with Crippen LogP contribution in [0.1, 0.15) is 16.1 Å². The second-order valence-corrected chi connectivity index (χ2v) is 9.07. The Labute approximate surface area is 178 Å². The number of rotatable bonds is 4. The van der Waals surface area contributed by atoms with Crippen molar-refractivity contribution < 1.29 is 19.1 Å². The van der Waals surface area contributed by atoms with E-state index < -0.39 is 5.97 Å². The van der Waals surface area contributed by atoms with Crippen LogP contribution in [0.25, 0.3) is 16.7 Å². The van der Waals surface area contributed by atoms with Crippen molar-refractivity contribution in [3.8, 4) is 10.6 Å². The van der Waals surface area contributed by atoms with Gasteiger partial charge in [-0.1, -0.05) is 35.6 Å². The van der Waals surface area contributed by atoms with Gasteiger partial charge in [0.2, 0.25) is 0 Å². The summed E-state index contributed by atoms with van der Waals surface area (Å²) < 4.78 is 6.83. The lowest BCUT2D eigenvalue weighted by Crippen LogP contribution is -2.27. The first-order valence-electron chi connectivity index (χ1n) is 7.89. The van der Waals surface area contributed by atoms with Gasteiger partial charge in [-0.15, -0.1) is 11.3 Å². The van der Waals surface area contributed by atoms with E-state index in [-0.39, 0.29) is 11.5 Å². The summed E-state index contributed by atoms with van der Waals surface area (Å²) in [7, 11) is 0. The number of carboxylic acids is 1. The lowest BCUT2D eigenvalue weighted by atomic mass is 10.2. The topological polar surface area (TPSA) is 70.8 Å². The van der Waals surface area contributed by atoms with Gasteiger partial charge >= 0.3 is 5.97 Å². The number of carbonyl (C=O) groups excluding carboxylic acids is 1. The van der Waals surface area contributed by atoms with Gasteiger partial charge in [-0.05, 0) is 48.5 Å². The van der Waals surface area contributed by atoms with E-state index in [9.17, 15) is 9.59 Å². The molecule has 0 saturated carbocycles. The fraction of sp³-hybridized carbons (Fsp3) is 0. The lowest BCUT2D eigenvalue weighted by molar-refractivity contribution is -0.113. The van der Waals surface area contributed by atoms with E-state index in [0.29, 0.717) is 30.8 Å². The van der Waals surface area contributed by atoms with E-state index in [0.717, 1.165) is 4.88 Å². The van der Waals surface area contributed by atoms with Crippen molar-refractivity contribution in [2.45, 2.75) is 0 Å². The van der Waals surface area contributed by atoms with Crippen molar-refractivity contribution in [3.63, 3.8) is 0 Å². The second-order valence-electron chi connectivity index (χ2n) is 5.67. The minimum Gasteiger partial charge on any atom is -0.478 e. The SMILES string of the molecule is O=C(O)c1ccc(N2C(=O)C(=Cc3ccc(-c4ccc(Cl)s4)o3)SC2=S)cc1. The molecule has 0 aliphatic carbocycles. The maximum Gasteiger partial charge on any atom is 0.335 e. The number of hydrogen-bond donors (Lipinski definition) is 1. The number of amides is 1. The molecule has 5 nitrogen and oxygen atoms in total. The number of furan rings is 1. The molecule has 3 aromatic rings. The molecule has 1 saturated heterocycles. The van der Waals surface area contributed by atoms with Gasteiger partial charge < -0.3 is 9.52 Å². The highest BCUT2D eigenvalue weighted by Gasteiger charge is 2.33. The zero-order valence-electron chi connectivity index (χ0n) is 13.9. The van der Waals surface area contributed by atoms with E-state index in [1.165, 1.54) is 40.1 Å². The quantitative estimate of drug-likeness (QED) is 0.404. The van der Waals surface area contributed by atoms with Crippen molar-refractivity contribution in [3.05, 3.63) is 69.1 Å². The highest BCUT2D eigenvalue weighted by Crippen LogP contribution is 2.37. The molecule has 1 N–H and O–H groups in total. The predicted octanol–water partition coefficient (Wildman–Crippen LogP) is 5.77. The number of hydrogen-bond acceptors (Lipinski definition) is 6. The summed E-state index contributed by atoms with van der Waals surface area (Å²) in [6.07, 6.45) is 1.64. The largest absolute Gasteiger partial charge is 0.478 e. The van der Waals surface area contributed by atoms with Crippen LogP contribution in [0, 0.1) is 0 Å². The summed E-state index contributed by atoms with van der Waals surface area (Å²) in [4.78, 5) is 26.5. The van der Waals surface area contributed by atoms with Crippen molar-refractivity contribution in [1.82, 2.24) is 0 Å². The Morgan fingerprint density at radius 3 is 2.54 bits per heavy atom. The van der Waals surface area contributed by atoms with Gasteiger partial charge in [-0.25, -0.2) is 4.79 Å². The van der Waals surface area contributed by atoms with Crippen LogP contribution in [-0.2, 0) is 4.79 Å². The number of carboxylic acid groups (broad SMARTS) is 1. The summed E-state index contributed by atoms with van der Waals surface area (Å²) in [6, 6.07) is 13.2. The van der Waals surface area contributed by atoms with E-state index >= 15 is 0 Å². The molecule has 28 heavy (non-hydrogen) atoms. The Bertz CT molecular complexity index is 1130. The van der Waals surface area contributed by atoms with Crippen LogP contribution in [-0.4, -0.2) is 21.3 Å². The number of thiophene rings is 1. The van der Waals surface area contributed by atoms with Crippen LogP contribution in [0.4, 0.5) is 5.69 Å². The van der Waals surface area contributed by atoms with Crippen molar-refractivity contribution in [2.24, 2.45) is 0 Å². The molecule has 140 valence electrons. The second kappa shape index (κ2) is 7.56. The molecule has 0 unspecified atom stereocenters. The minimum absolute atomic E-state index is 0.140. The Hall–Kier alpha value is -2.39. The van der Waals surface area contributed by atoms with Crippen LogP contribution in [0.5, 0.6) is 0 Å². The number of nitrogens with zero attached hydrogens (tertiary/aromatic N) is 1. The summed E-state index contributed by atoms with van der Waals surface area (Å²) in [5.74, 6) is -0.114. The molecular formula is C19H10ClNO4S3. The highest BCUT2D eigenvalue weighted by atomic mass is 35.5. The number of thioether (sulfide) groups is 1. The molecule has 3 heterocycles. The summed E-state index contributed by atoms with van der Waals surface area (Å²) in [5.41, 5.74) is 0.658. The number of carbonyl (C=O) groups is 2. The highest BCUT2D eigenvalue weighted by molar-refractivity contribution is 8.27. The third-order valence-electron chi connectivity index (χ3n) is 3.88. The average Bonchev–Trinajstić information content (AvgIpc) is 3.36. The van der Waals surface area contributed by atoms with Gasteiger partial charge in [0, 0.05) is 6.08 Å². The first kappa shape index (κ1) is 18.9. The first-order chi connectivity index (χ1) is 13.4. The zero-order chi connectivity index (χ0) is 19.8. The summed E-state index contributed by atoms with van der Waals surface area (Å²) >= 11 is 13.9. The van der Waals surface area contributed by atoms with E-state index in [2.05, 4.69) is 0 Å². The number of aromatic carboxylic acids is 1. The van der Waals surface area contributed by atoms with Gasteiger partial charge in [0.15, 0.2) is 4.32 Å². The molecule has 4 rings (SSSR count). The minimum atomic E-state index is -1.03. The van der Waals surface area contributed by atoms with E-state index in [1.54, 1.807) is 30.3 Å². The number of thiocarbonyl (C=S) groups is 1. The maximum absolute atomic E-state index is 12.8. The smallest absolute Gasteiger partial charge is 0.335 e. The fourth-order valence-electron chi connectivity index (χ4n) is 2.58. The normalized spacial score (nSPS) is 15.6. The van der Waals surface area contributed by atoms with Crippen LogP contribution >= 0.6 is 46.9 Å². The van der Waals surface area contributed by atoms with Gasteiger partial charge in [-0.3, -0.25) is 9.69 Å². The monoisotopic (exact) mass is 447 g/mol. The van der Waals surface area contributed by atoms with Crippen molar-refractivity contribution >= 4 is 74.9 Å². The molecule has 0 bridgehead atoms. The Morgan fingerprint density at radius 2 is 1.89 bits per heavy atom. The Morgan fingerprint density at radius 1 is 1.14 bits per heavy atom. The Kier molecular flexibility index (Phi) is 5.11. The van der Waals surface area contributed by atoms with Crippen LogP contribution in [0.2, 0.25) is 4.34 Å². The van der Waals surface area contributed by atoms with Crippen LogP contribution < -0.4 is 4.90 Å². The first-order valence-corrected chi connectivity index (χ1v) is 10.3. The Balaban J connectivity index is 1.58. The molecule has 0 radical (unpaired) electrons. The zero-order valence-corrected chi connectivity index (χ0v) is 17.1. The third kappa shape index (κ3) is 3.64. The number of benzene rings is 1. The molecule has 1 fully saturated rings. The number of anilines is 1. The summed E-state index contributed by atoms with van der Waals surface area (Å²) in [6.45, 7) is 0. The van der Waals surface area contributed by atoms with E-state index in [1.807, 2.05) is 12.1 Å². The molecule has 2 aromatic heterocycles. The number of halogens is 1. The molecular weight excluding hydrogens is 438 g/mol. The van der Waals surface area contributed by atoms with Gasteiger partial charge in [-0.2, -0.15) is 0 Å². The molecule has 1 amide bonds. The van der Waals surface area contributed by atoms with Crippen molar-refractivity contribution in [2.75, 3.05) is 4.90 Å². The maximum atomic E-state index is 12.8. The van der Waals surface area contributed by atoms with Crippen molar-refractivity contribution in [1.29, 1.82) is 0 Å². The third-order valence-corrected chi connectivity index (χ3v) is 6.43. The molecule has 0 spiro atoms. The summed E-state index contributed by atoms with van der Waals surface area (Å²) in [5, 5.41) is 9.00. The molecule has 0 atom stereocenters. The van der Waals surface area contributed by atoms with Gasteiger partial charge in [0.1, 0.15) is 11.5 Å². The van der Waals surface area contributed by atoms with E-state index in [4.69, 9.17) is 33.3 Å².